The fraction of sp³-hybridized carbons (Fsp3) is 0.478. The lowest BCUT2D eigenvalue weighted by atomic mass is 10.0. The van der Waals surface area contributed by atoms with E-state index in [2.05, 4.69) is 20.0 Å². The highest BCUT2D eigenvalue weighted by Crippen LogP contribution is 2.66. The van der Waals surface area contributed by atoms with Crippen LogP contribution in [-0.2, 0) is 23.4 Å². The maximum atomic E-state index is 14.5. The number of benzene rings is 1. The van der Waals surface area contributed by atoms with Gasteiger partial charge in [0.25, 0.3) is 5.56 Å². The standard InChI is InChI=1S/C23H28FN6O7P/c1-12(2)34-21(32)13(3)29-38(33,36-14-7-5-4-6-8-14)37-18-17-23(18,10-24)9-15(35-17)30-11-26-16-19(30)27-22(25)28-20(16)31/h4-8,11-13,15,17-18H,9-10H2,1-3H3,(H,29,33)(H3,25,27,28,31). The van der Waals surface area contributed by atoms with Crippen LogP contribution in [0.4, 0.5) is 10.3 Å². The van der Waals surface area contributed by atoms with Crippen molar-refractivity contribution in [2.75, 3.05) is 12.4 Å². The first-order valence-electron chi connectivity index (χ1n) is 12.0. The number of fused-ring (bicyclic) bond motifs is 2. The van der Waals surface area contributed by atoms with E-state index in [9.17, 15) is 18.5 Å². The van der Waals surface area contributed by atoms with Gasteiger partial charge in [0.05, 0.1) is 24.0 Å². The summed E-state index contributed by atoms with van der Waals surface area (Å²) in [6.45, 7) is 4.01. The van der Waals surface area contributed by atoms with Crippen LogP contribution in [0.2, 0.25) is 0 Å². The number of aromatic amines is 1. The number of aromatic nitrogens is 4. The van der Waals surface area contributed by atoms with Crippen molar-refractivity contribution < 1.29 is 32.3 Å². The third kappa shape index (κ3) is 4.80. The van der Waals surface area contributed by atoms with Crippen LogP contribution >= 0.6 is 7.75 Å². The number of H-pyrrole nitrogens is 1. The quantitative estimate of drug-likeness (QED) is 0.250. The van der Waals surface area contributed by atoms with Crippen molar-refractivity contribution in [3.63, 3.8) is 0 Å². The van der Waals surface area contributed by atoms with E-state index in [-0.39, 0.29) is 35.4 Å². The molecule has 0 amide bonds. The van der Waals surface area contributed by atoms with Gasteiger partial charge in [-0.05, 0) is 32.9 Å². The minimum absolute atomic E-state index is 0.0673. The summed E-state index contributed by atoms with van der Waals surface area (Å²) in [7, 11) is -4.22. The monoisotopic (exact) mass is 550 g/mol. The first kappa shape index (κ1) is 26.3. The Labute approximate surface area is 216 Å². The van der Waals surface area contributed by atoms with Gasteiger partial charge in [0.15, 0.2) is 11.2 Å². The summed E-state index contributed by atoms with van der Waals surface area (Å²) in [5.41, 5.74) is 4.29. The predicted octanol–water partition coefficient (Wildman–Crippen LogP) is 2.46. The van der Waals surface area contributed by atoms with E-state index in [0.717, 1.165) is 0 Å². The number of ether oxygens (including phenoxy) is 2. The zero-order valence-corrected chi connectivity index (χ0v) is 21.8. The maximum absolute atomic E-state index is 14.5. The molecule has 2 fully saturated rings. The van der Waals surface area contributed by atoms with Gasteiger partial charge in [0.1, 0.15) is 30.8 Å². The molecule has 13 nitrogen and oxygen atoms in total. The number of nitrogens with zero attached hydrogens (tertiary/aromatic N) is 3. The molecule has 3 heterocycles. The lowest BCUT2D eigenvalue weighted by molar-refractivity contribution is -0.149. The number of imidazole rings is 1. The summed E-state index contributed by atoms with van der Waals surface area (Å²) < 4.78 is 52.6. The topological polar surface area (TPSA) is 173 Å². The smallest absolute Gasteiger partial charge is 0.459 e. The molecular formula is C23H28FN6O7P. The highest BCUT2D eigenvalue weighted by molar-refractivity contribution is 7.52. The fourth-order valence-corrected chi connectivity index (χ4v) is 6.31. The molecule has 2 aliphatic rings. The van der Waals surface area contributed by atoms with E-state index >= 15 is 0 Å². The summed E-state index contributed by atoms with van der Waals surface area (Å²) in [5, 5.41) is 2.61. The molecule has 4 N–H and O–H groups in total. The second-order valence-corrected chi connectivity index (χ2v) is 11.3. The van der Waals surface area contributed by atoms with Gasteiger partial charge in [-0.25, -0.2) is 9.55 Å². The van der Waals surface area contributed by atoms with Gasteiger partial charge in [-0.15, -0.1) is 0 Å². The molecule has 6 unspecified atom stereocenters. The Kier molecular flexibility index (Phi) is 6.76. The van der Waals surface area contributed by atoms with Crippen molar-refractivity contribution in [3.8, 4) is 5.75 Å². The molecule has 1 aliphatic heterocycles. The van der Waals surface area contributed by atoms with Crippen molar-refractivity contribution in [2.24, 2.45) is 5.41 Å². The van der Waals surface area contributed by atoms with Gasteiger partial charge in [-0.1, -0.05) is 18.2 Å². The molecule has 1 aromatic carbocycles. The van der Waals surface area contributed by atoms with Gasteiger partial charge in [0, 0.05) is 6.42 Å². The number of carbonyl (C=O) groups excluding carboxylic acids is 1. The number of hydrogen-bond acceptors (Lipinski definition) is 10. The van der Waals surface area contributed by atoms with Crippen LogP contribution in [0.1, 0.15) is 33.4 Å². The summed E-state index contributed by atoms with van der Waals surface area (Å²) >= 11 is 0. The zero-order chi connectivity index (χ0) is 27.2. The minimum atomic E-state index is -4.22. The number of para-hydroxylation sites is 1. The van der Waals surface area contributed by atoms with Crippen LogP contribution < -0.4 is 20.9 Å². The van der Waals surface area contributed by atoms with E-state index in [1.807, 2.05) is 0 Å². The second-order valence-electron chi connectivity index (χ2n) is 9.62. The van der Waals surface area contributed by atoms with Gasteiger partial charge in [-0.3, -0.25) is 28.1 Å². The Morgan fingerprint density at radius 3 is 2.76 bits per heavy atom. The number of rotatable bonds is 10. The van der Waals surface area contributed by atoms with Crippen molar-refractivity contribution in [1.29, 1.82) is 0 Å². The Morgan fingerprint density at radius 2 is 2.11 bits per heavy atom. The van der Waals surface area contributed by atoms with Crippen molar-refractivity contribution in [1.82, 2.24) is 24.6 Å². The lowest BCUT2D eigenvalue weighted by Gasteiger charge is -2.25. The van der Waals surface area contributed by atoms with E-state index in [0.29, 0.717) is 0 Å². The molecule has 3 aromatic rings. The van der Waals surface area contributed by atoms with Crippen molar-refractivity contribution >= 4 is 30.8 Å². The van der Waals surface area contributed by atoms with Crippen LogP contribution in [0, 0.1) is 5.41 Å². The highest BCUT2D eigenvalue weighted by Gasteiger charge is 2.74. The van der Waals surface area contributed by atoms with Crippen molar-refractivity contribution in [2.45, 2.75) is 57.8 Å². The molecule has 0 bridgehead atoms. The SMILES string of the molecule is CC(C)OC(=O)C(C)NP(=O)(Oc1ccccc1)OC1C2OC(n3cnc4c(=O)[nH]c(N)nc43)CC21CF. The summed E-state index contributed by atoms with van der Waals surface area (Å²) in [6.07, 6.45) is -1.32. The third-order valence-electron chi connectivity index (χ3n) is 6.45. The Balaban J connectivity index is 1.36. The number of anilines is 1. The predicted molar refractivity (Wildman–Crippen MR) is 133 cm³/mol. The fourth-order valence-electron chi connectivity index (χ4n) is 4.56. The maximum Gasteiger partial charge on any atom is 0.459 e. The first-order chi connectivity index (χ1) is 18.0. The van der Waals surface area contributed by atoms with Crippen LogP contribution in [0.15, 0.2) is 41.5 Å². The molecule has 38 heavy (non-hydrogen) atoms. The molecule has 5 rings (SSSR count). The highest BCUT2D eigenvalue weighted by atomic mass is 31.2. The van der Waals surface area contributed by atoms with E-state index in [4.69, 9.17) is 24.3 Å². The molecule has 1 saturated carbocycles. The van der Waals surface area contributed by atoms with Crippen molar-refractivity contribution in [3.05, 3.63) is 47.0 Å². The average Bonchev–Trinajstić information content (AvgIpc) is 3.18. The third-order valence-corrected chi connectivity index (χ3v) is 8.10. The molecular weight excluding hydrogens is 522 g/mol. The Hall–Kier alpha value is -3.32. The van der Waals surface area contributed by atoms with E-state index in [1.54, 1.807) is 44.2 Å². The second kappa shape index (κ2) is 9.77. The normalized spacial score (nSPS) is 26.6. The van der Waals surface area contributed by atoms with Gasteiger partial charge < -0.3 is 19.7 Å². The number of nitrogen functional groups attached to an aromatic ring is 1. The number of nitrogens with one attached hydrogen (secondary N) is 2. The first-order valence-corrected chi connectivity index (χ1v) is 13.5. The number of halogens is 1. The van der Waals surface area contributed by atoms with Crippen LogP contribution in [0.5, 0.6) is 5.75 Å². The number of alkyl halides is 1. The molecule has 204 valence electrons. The number of hydrogen-bond donors (Lipinski definition) is 3. The molecule has 6 atom stereocenters. The van der Waals surface area contributed by atoms with Crippen LogP contribution in [-0.4, -0.2) is 56.5 Å². The molecule has 1 saturated heterocycles. The van der Waals surface area contributed by atoms with E-state index in [1.165, 1.54) is 17.8 Å². The number of nitrogens with two attached hydrogens (primary N) is 1. The molecule has 15 heteroatoms. The summed E-state index contributed by atoms with van der Waals surface area (Å²) in [6, 6.07) is 7.21. The van der Waals surface area contributed by atoms with Gasteiger partial charge in [-0.2, -0.15) is 10.1 Å². The Morgan fingerprint density at radius 1 is 1.37 bits per heavy atom. The average molecular weight is 550 g/mol. The zero-order valence-electron chi connectivity index (χ0n) is 20.9. The molecule has 0 spiro atoms. The van der Waals surface area contributed by atoms with Gasteiger partial charge >= 0.3 is 13.7 Å². The largest absolute Gasteiger partial charge is 0.462 e. The lowest BCUT2D eigenvalue weighted by Crippen LogP contribution is -2.36. The number of carbonyl (C=O) groups is 1. The molecule has 0 radical (unpaired) electrons. The summed E-state index contributed by atoms with van der Waals surface area (Å²) in [4.78, 5) is 35.1. The van der Waals surface area contributed by atoms with Gasteiger partial charge in [0.2, 0.25) is 5.95 Å². The van der Waals surface area contributed by atoms with Crippen LogP contribution in [0.25, 0.3) is 11.2 Å². The molecule has 2 aromatic heterocycles. The van der Waals surface area contributed by atoms with Crippen LogP contribution in [0.3, 0.4) is 0 Å². The number of esters is 1. The van der Waals surface area contributed by atoms with E-state index < -0.39 is 55.8 Å². The Bertz CT molecular complexity index is 1450. The summed E-state index contributed by atoms with van der Waals surface area (Å²) in [5.74, 6) is -0.517. The minimum Gasteiger partial charge on any atom is -0.462 e. The molecule has 1 aliphatic carbocycles.